The second-order valence-electron chi connectivity index (χ2n) is 6.46. The molecule has 0 aromatic heterocycles. The van der Waals surface area contributed by atoms with Crippen molar-refractivity contribution in [2.45, 2.75) is 33.1 Å². The van der Waals surface area contributed by atoms with E-state index >= 15 is 0 Å². The molecule has 0 bridgehead atoms. The Morgan fingerprint density at radius 3 is 2.29 bits per heavy atom. The highest BCUT2D eigenvalue weighted by atomic mass is 16.5. The van der Waals surface area contributed by atoms with Gasteiger partial charge in [-0.2, -0.15) is 0 Å². The lowest BCUT2D eigenvalue weighted by Crippen LogP contribution is -2.16. The fourth-order valence-corrected chi connectivity index (χ4v) is 2.69. The molecule has 1 atom stereocenters. The van der Waals surface area contributed by atoms with Crippen molar-refractivity contribution in [1.82, 2.24) is 0 Å². The van der Waals surface area contributed by atoms with Gasteiger partial charge in [-0.05, 0) is 55.1 Å². The average molecular weight is 327 g/mol. The summed E-state index contributed by atoms with van der Waals surface area (Å²) in [6.45, 7) is 8.30. The van der Waals surface area contributed by atoms with Crippen molar-refractivity contribution in [3.8, 4) is 11.5 Å². The third-order valence-corrected chi connectivity index (χ3v) is 3.93. The predicted octanol–water partition coefficient (Wildman–Crippen LogP) is 4.41. The van der Waals surface area contributed by atoms with Gasteiger partial charge in [-0.3, -0.25) is 0 Å². The first kappa shape index (κ1) is 18.3. The molecule has 2 rings (SSSR count). The van der Waals surface area contributed by atoms with Crippen LogP contribution in [0.5, 0.6) is 11.5 Å². The molecule has 2 aromatic rings. The average Bonchev–Trinajstić information content (AvgIpc) is 2.60. The van der Waals surface area contributed by atoms with Gasteiger partial charge in [0.15, 0.2) is 0 Å². The number of hydrogen-bond acceptors (Lipinski definition) is 3. The summed E-state index contributed by atoms with van der Waals surface area (Å²) in [6, 6.07) is 16.5. The van der Waals surface area contributed by atoms with Crippen LogP contribution in [0.2, 0.25) is 0 Å². The zero-order valence-electron chi connectivity index (χ0n) is 15.0. The number of rotatable bonds is 9. The van der Waals surface area contributed by atoms with Crippen molar-refractivity contribution in [2.75, 3.05) is 19.8 Å². The van der Waals surface area contributed by atoms with Crippen LogP contribution < -0.4 is 15.2 Å². The largest absolute Gasteiger partial charge is 0.494 e. The summed E-state index contributed by atoms with van der Waals surface area (Å²) in [5.41, 5.74) is 8.49. The summed E-state index contributed by atoms with van der Waals surface area (Å²) in [5, 5.41) is 0. The molecule has 24 heavy (non-hydrogen) atoms. The van der Waals surface area contributed by atoms with Crippen LogP contribution in [-0.4, -0.2) is 19.8 Å². The molecular weight excluding hydrogens is 298 g/mol. The Hall–Kier alpha value is -2.00. The van der Waals surface area contributed by atoms with Gasteiger partial charge in [-0.1, -0.05) is 44.2 Å². The quantitative estimate of drug-likeness (QED) is 0.742. The van der Waals surface area contributed by atoms with E-state index in [4.69, 9.17) is 15.2 Å². The van der Waals surface area contributed by atoms with Gasteiger partial charge in [0.05, 0.1) is 13.2 Å². The van der Waals surface area contributed by atoms with Crippen molar-refractivity contribution < 1.29 is 9.47 Å². The minimum absolute atomic E-state index is 0.246. The van der Waals surface area contributed by atoms with Crippen LogP contribution in [0.15, 0.2) is 48.5 Å². The number of ether oxygens (including phenoxy) is 2. The second kappa shape index (κ2) is 9.33. The lowest BCUT2D eigenvalue weighted by molar-refractivity contribution is 0.271. The van der Waals surface area contributed by atoms with Gasteiger partial charge in [0.25, 0.3) is 0 Å². The lowest BCUT2D eigenvalue weighted by Gasteiger charge is -2.19. The van der Waals surface area contributed by atoms with Crippen molar-refractivity contribution >= 4 is 0 Å². The van der Waals surface area contributed by atoms with Gasteiger partial charge >= 0.3 is 0 Å². The molecule has 3 heteroatoms. The molecule has 2 aromatic carbocycles. The topological polar surface area (TPSA) is 44.5 Å². The molecule has 3 nitrogen and oxygen atoms in total. The van der Waals surface area contributed by atoms with Gasteiger partial charge in [0, 0.05) is 5.92 Å². The molecule has 0 aliphatic heterocycles. The molecule has 0 aliphatic carbocycles. The van der Waals surface area contributed by atoms with Crippen molar-refractivity contribution in [3.05, 3.63) is 59.7 Å². The highest BCUT2D eigenvalue weighted by Gasteiger charge is 2.15. The number of nitrogens with two attached hydrogens (primary N) is 1. The van der Waals surface area contributed by atoms with Crippen molar-refractivity contribution in [3.63, 3.8) is 0 Å². The first-order valence-electron chi connectivity index (χ1n) is 8.77. The van der Waals surface area contributed by atoms with Crippen LogP contribution in [0, 0.1) is 5.92 Å². The molecular formula is C21H29NO2. The molecule has 0 saturated heterocycles. The molecule has 0 saturated carbocycles. The first-order chi connectivity index (χ1) is 11.6. The summed E-state index contributed by atoms with van der Waals surface area (Å²) in [7, 11) is 0. The number of para-hydroxylation sites is 1. The van der Waals surface area contributed by atoms with Crippen LogP contribution in [0.3, 0.4) is 0 Å². The van der Waals surface area contributed by atoms with Gasteiger partial charge in [0.2, 0.25) is 0 Å². The molecule has 0 aliphatic rings. The molecule has 1 unspecified atom stereocenters. The van der Waals surface area contributed by atoms with E-state index in [0.717, 1.165) is 24.5 Å². The van der Waals surface area contributed by atoms with Crippen molar-refractivity contribution in [1.29, 1.82) is 0 Å². The second-order valence-corrected chi connectivity index (χ2v) is 6.46. The van der Waals surface area contributed by atoms with E-state index in [0.29, 0.717) is 19.1 Å². The predicted molar refractivity (Wildman–Crippen MR) is 99.9 cm³/mol. The maximum Gasteiger partial charge on any atom is 0.122 e. The van der Waals surface area contributed by atoms with Gasteiger partial charge < -0.3 is 15.2 Å². The zero-order chi connectivity index (χ0) is 17.4. The Balaban J connectivity index is 2.07. The SMILES string of the molecule is CCOc1ccccc1C(CN)Cc1ccc(OCC(C)C)cc1. The van der Waals surface area contributed by atoms with Crippen LogP contribution in [0.1, 0.15) is 37.8 Å². The fraction of sp³-hybridized carbons (Fsp3) is 0.429. The highest BCUT2D eigenvalue weighted by molar-refractivity contribution is 5.38. The molecule has 130 valence electrons. The van der Waals surface area contributed by atoms with Gasteiger partial charge in [-0.25, -0.2) is 0 Å². The van der Waals surface area contributed by atoms with Crippen LogP contribution >= 0.6 is 0 Å². The summed E-state index contributed by atoms with van der Waals surface area (Å²) in [6.07, 6.45) is 0.894. The summed E-state index contributed by atoms with van der Waals surface area (Å²) in [4.78, 5) is 0. The Bertz CT molecular complexity index is 607. The normalized spacial score (nSPS) is 12.2. The molecule has 2 N–H and O–H groups in total. The van der Waals surface area contributed by atoms with Crippen LogP contribution in [-0.2, 0) is 6.42 Å². The van der Waals surface area contributed by atoms with Gasteiger partial charge in [-0.15, -0.1) is 0 Å². The van der Waals surface area contributed by atoms with Crippen molar-refractivity contribution in [2.24, 2.45) is 11.7 Å². The van der Waals surface area contributed by atoms with E-state index < -0.39 is 0 Å². The Morgan fingerprint density at radius 1 is 0.958 bits per heavy atom. The van der Waals surface area contributed by atoms with Gasteiger partial charge in [0.1, 0.15) is 11.5 Å². The maximum absolute atomic E-state index is 6.05. The lowest BCUT2D eigenvalue weighted by atomic mass is 9.91. The molecule has 0 amide bonds. The zero-order valence-corrected chi connectivity index (χ0v) is 15.0. The molecule has 0 heterocycles. The van der Waals surface area contributed by atoms with E-state index in [1.807, 2.05) is 37.3 Å². The minimum atomic E-state index is 0.246. The Labute approximate surface area is 145 Å². The molecule has 0 radical (unpaired) electrons. The molecule has 0 spiro atoms. The number of benzene rings is 2. The van der Waals surface area contributed by atoms with E-state index in [-0.39, 0.29) is 5.92 Å². The van der Waals surface area contributed by atoms with E-state index in [9.17, 15) is 0 Å². The van der Waals surface area contributed by atoms with Crippen LogP contribution in [0.4, 0.5) is 0 Å². The third-order valence-electron chi connectivity index (χ3n) is 3.93. The Kier molecular flexibility index (Phi) is 7.13. The third kappa shape index (κ3) is 5.27. The standard InChI is InChI=1S/C21H29NO2/c1-4-23-21-8-6-5-7-20(21)18(14-22)13-17-9-11-19(12-10-17)24-15-16(2)3/h5-12,16,18H,4,13-15,22H2,1-3H3. The molecule has 0 fully saturated rings. The van der Waals surface area contributed by atoms with E-state index in [2.05, 4.69) is 32.0 Å². The van der Waals surface area contributed by atoms with E-state index in [1.165, 1.54) is 11.1 Å². The summed E-state index contributed by atoms with van der Waals surface area (Å²) >= 11 is 0. The first-order valence-corrected chi connectivity index (χ1v) is 8.77. The Morgan fingerprint density at radius 2 is 1.67 bits per heavy atom. The summed E-state index contributed by atoms with van der Waals surface area (Å²) in [5.74, 6) is 2.63. The van der Waals surface area contributed by atoms with E-state index in [1.54, 1.807) is 0 Å². The fourth-order valence-electron chi connectivity index (χ4n) is 2.69. The number of hydrogen-bond donors (Lipinski definition) is 1. The maximum atomic E-state index is 6.05. The summed E-state index contributed by atoms with van der Waals surface area (Å²) < 4.78 is 11.5. The van der Waals surface area contributed by atoms with Crippen LogP contribution in [0.25, 0.3) is 0 Å². The smallest absolute Gasteiger partial charge is 0.122 e. The minimum Gasteiger partial charge on any atom is -0.494 e. The highest BCUT2D eigenvalue weighted by Crippen LogP contribution is 2.29. The monoisotopic (exact) mass is 327 g/mol.